The van der Waals surface area contributed by atoms with Gasteiger partial charge in [0.1, 0.15) is 10.7 Å². The van der Waals surface area contributed by atoms with Crippen LogP contribution >= 0.6 is 11.6 Å². The predicted octanol–water partition coefficient (Wildman–Crippen LogP) is 4.78. The highest BCUT2D eigenvalue weighted by atomic mass is 35.5. The maximum atomic E-state index is 13.1. The first-order valence-corrected chi connectivity index (χ1v) is 11.3. The molecule has 36 heavy (non-hydrogen) atoms. The fourth-order valence-electron chi connectivity index (χ4n) is 3.84. The molecule has 4 rings (SSSR count). The molecule has 0 spiro atoms. The van der Waals surface area contributed by atoms with Crippen molar-refractivity contribution in [3.63, 3.8) is 0 Å². The van der Waals surface area contributed by atoms with E-state index >= 15 is 0 Å². The lowest BCUT2D eigenvalue weighted by Gasteiger charge is -2.18. The highest BCUT2D eigenvalue weighted by Crippen LogP contribution is 2.32. The van der Waals surface area contributed by atoms with Crippen molar-refractivity contribution < 1.29 is 23.9 Å². The molecule has 0 saturated carbocycles. The quantitative estimate of drug-likeness (QED) is 0.370. The Bertz CT molecular complexity index is 1450. The Morgan fingerprint density at radius 2 is 1.67 bits per heavy atom. The summed E-state index contributed by atoms with van der Waals surface area (Å²) in [6, 6.07) is 18.2. The van der Waals surface area contributed by atoms with Crippen LogP contribution in [0.5, 0.6) is 0 Å². The average Bonchev–Trinajstić information content (AvgIpc) is 3.07. The number of nitrogens with one attached hydrogen (secondary N) is 2. The van der Waals surface area contributed by atoms with E-state index in [0.717, 1.165) is 16.0 Å². The second kappa shape index (κ2) is 10.1. The van der Waals surface area contributed by atoms with Gasteiger partial charge in [0.25, 0.3) is 17.7 Å². The van der Waals surface area contributed by atoms with Crippen LogP contribution < -0.4 is 15.5 Å². The van der Waals surface area contributed by atoms with Gasteiger partial charge in [0.05, 0.1) is 24.0 Å². The molecule has 0 radical (unpaired) electrons. The molecular formula is C27H22ClN3O5. The molecule has 0 unspecified atom stereocenters. The molecule has 9 heteroatoms. The first-order valence-electron chi connectivity index (χ1n) is 10.9. The number of hydrogen-bond donors (Lipinski definition) is 2. The van der Waals surface area contributed by atoms with E-state index in [2.05, 4.69) is 10.6 Å². The van der Waals surface area contributed by atoms with E-state index in [0.29, 0.717) is 17.1 Å². The van der Waals surface area contributed by atoms with Crippen molar-refractivity contribution in [2.75, 3.05) is 22.6 Å². The van der Waals surface area contributed by atoms with Crippen LogP contribution in [0.15, 0.2) is 77.5 Å². The zero-order chi connectivity index (χ0) is 26.0. The third-order valence-corrected chi connectivity index (χ3v) is 5.95. The van der Waals surface area contributed by atoms with Crippen LogP contribution in [0.2, 0.25) is 0 Å². The molecule has 1 aliphatic rings. The lowest BCUT2D eigenvalue weighted by atomic mass is 10.1. The van der Waals surface area contributed by atoms with Gasteiger partial charge in [0.2, 0.25) is 0 Å². The van der Waals surface area contributed by atoms with E-state index in [9.17, 15) is 19.2 Å². The molecule has 3 aromatic rings. The van der Waals surface area contributed by atoms with Gasteiger partial charge in [-0.2, -0.15) is 0 Å². The van der Waals surface area contributed by atoms with Gasteiger partial charge in [-0.15, -0.1) is 0 Å². The number of rotatable bonds is 6. The molecule has 8 nitrogen and oxygen atoms in total. The van der Waals surface area contributed by atoms with Gasteiger partial charge in [-0.05, 0) is 55.8 Å². The Kier molecular flexibility index (Phi) is 6.89. The molecule has 3 aromatic carbocycles. The maximum Gasteiger partial charge on any atom is 0.339 e. The van der Waals surface area contributed by atoms with E-state index in [-0.39, 0.29) is 21.9 Å². The summed E-state index contributed by atoms with van der Waals surface area (Å²) in [5.41, 5.74) is 3.24. The van der Waals surface area contributed by atoms with Gasteiger partial charge in [-0.1, -0.05) is 47.5 Å². The Balaban J connectivity index is 1.56. The smallest absolute Gasteiger partial charge is 0.339 e. The number of methoxy groups -OCH3 is 1. The minimum Gasteiger partial charge on any atom is -0.465 e. The number of hydrogen-bond acceptors (Lipinski definition) is 6. The fraction of sp³-hybridized carbons (Fsp3) is 0.111. The molecule has 1 aliphatic heterocycles. The second-order valence-corrected chi connectivity index (χ2v) is 8.50. The molecule has 3 amide bonds. The normalized spacial score (nSPS) is 13.2. The molecule has 2 N–H and O–H groups in total. The maximum absolute atomic E-state index is 13.1. The molecule has 0 aliphatic carbocycles. The number of halogens is 1. The number of carbonyl (C=O) groups is 4. The Morgan fingerprint density at radius 3 is 2.39 bits per heavy atom. The molecule has 0 aromatic heterocycles. The molecule has 1 heterocycles. The number of imide groups is 1. The van der Waals surface area contributed by atoms with Gasteiger partial charge in [-0.25, -0.2) is 9.69 Å². The molecule has 0 saturated heterocycles. The summed E-state index contributed by atoms with van der Waals surface area (Å²) >= 11 is 6.25. The summed E-state index contributed by atoms with van der Waals surface area (Å²) in [6.07, 6.45) is 0. The van der Waals surface area contributed by atoms with Gasteiger partial charge < -0.3 is 15.4 Å². The molecule has 0 atom stereocenters. The third kappa shape index (κ3) is 4.71. The SMILES string of the molecule is COC(=O)c1ccccc1NC(=O)c1cccc(NC2=C(Cl)C(=O)N(c3ccc(C)cc3C)C2=O)c1. The van der Waals surface area contributed by atoms with Crippen molar-refractivity contribution in [3.05, 3.63) is 99.7 Å². The molecule has 182 valence electrons. The van der Waals surface area contributed by atoms with Crippen molar-refractivity contribution in [2.45, 2.75) is 13.8 Å². The number of amides is 3. The Morgan fingerprint density at radius 1 is 0.917 bits per heavy atom. The Labute approximate surface area is 212 Å². The summed E-state index contributed by atoms with van der Waals surface area (Å²) in [5, 5.41) is 5.32. The van der Waals surface area contributed by atoms with Crippen molar-refractivity contribution in [3.8, 4) is 0 Å². The van der Waals surface area contributed by atoms with Crippen molar-refractivity contribution in [2.24, 2.45) is 0 Å². The van der Waals surface area contributed by atoms with Crippen molar-refractivity contribution in [1.82, 2.24) is 0 Å². The lowest BCUT2D eigenvalue weighted by Crippen LogP contribution is -2.32. The fourth-order valence-corrected chi connectivity index (χ4v) is 4.06. The van der Waals surface area contributed by atoms with Crippen LogP contribution in [-0.4, -0.2) is 30.8 Å². The van der Waals surface area contributed by atoms with Crippen molar-refractivity contribution >= 4 is 52.4 Å². The molecular weight excluding hydrogens is 482 g/mol. The zero-order valence-electron chi connectivity index (χ0n) is 19.7. The highest BCUT2D eigenvalue weighted by Gasteiger charge is 2.39. The number of carbonyl (C=O) groups excluding carboxylic acids is 4. The predicted molar refractivity (Wildman–Crippen MR) is 137 cm³/mol. The van der Waals surface area contributed by atoms with Gasteiger partial charge in [0, 0.05) is 11.3 Å². The van der Waals surface area contributed by atoms with Crippen LogP contribution in [0, 0.1) is 13.8 Å². The van der Waals surface area contributed by atoms with E-state index in [1.54, 1.807) is 42.5 Å². The largest absolute Gasteiger partial charge is 0.465 e. The minimum absolute atomic E-state index is 0.0877. The van der Waals surface area contributed by atoms with Gasteiger partial charge >= 0.3 is 5.97 Å². The minimum atomic E-state index is -0.635. The van der Waals surface area contributed by atoms with Gasteiger partial charge in [0.15, 0.2) is 0 Å². The van der Waals surface area contributed by atoms with Crippen LogP contribution in [-0.2, 0) is 14.3 Å². The van der Waals surface area contributed by atoms with Crippen LogP contribution in [0.25, 0.3) is 0 Å². The zero-order valence-corrected chi connectivity index (χ0v) is 20.5. The number of para-hydroxylation sites is 1. The number of anilines is 3. The molecule has 0 fully saturated rings. The molecule has 0 bridgehead atoms. The number of esters is 1. The highest BCUT2D eigenvalue weighted by molar-refractivity contribution is 6.53. The first-order chi connectivity index (χ1) is 17.2. The monoisotopic (exact) mass is 503 g/mol. The van der Waals surface area contributed by atoms with Crippen LogP contribution in [0.1, 0.15) is 31.8 Å². The number of ether oxygens (including phenoxy) is 1. The summed E-state index contributed by atoms with van der Waals surface area (Å²) in [7, 11) is 1.26. The summed E-state index contributed by atoms with van der Waals surface area (Å²) in [6.45, 7) is 3.72. The lowest BCUT2D eigenvalue weighted by molar-refractivity contribution is -0.120. The van der Waals surface area contributed by atoms with Crippen LogP contribution in [0.3, 0.4) is 0 Å². The average molecular weight is 504 g/mol. The summed E-state index contributed by atoms with van der Waals surface area (Å²) in [4.78, 5) is 51.9. The third-order valence-electron chi connectivity index (χ3n) is 5.60. The summed E-state index contributed by atoms with van der Waals surface area (Å²) < 4.78 is 4.76. The number of benzene rings is 3. The standard InChI is InChI=1S/C27H22ClN3O5/c1-15-11-12-21(16(2)13-15)31-25(33)22(28)23(26(31)34)29-18-8-6-7-17(14-18)24(32)30-20-10-5-4-9-19(20)27(35)36-3/h4-14,29H,1-3H3,(H,30,32). The van der Waals surface area contributed by atoms with E-state index in [1.807, 2.05) is 26.0 Å². The topological polar surface area (TPSA) is 105 Å². The van der Waals surface area contributed by atoms with Crippen LogP contribution in [0.4, 0.5) is 17.1 Å². The number of nitrogens with zero attached hydrogens (tertiary/aromatic N) is 1. The number of aryl methyl sites for hydroxylation is 2. The summed E-state index contributed by atoms with van der Waals surface area (Å²) in [5.74, 6) is -2.30. The van der Waals surface area contributed by atoms with E-state index in [1.165, 1.54) is 19.2 Å². The van der Waals surface area contributed by atoms with Crippen molar-refractivity contribution in [1.29, 1.82) is 0 Å². The Hall–Kier alpha value is -4.43. The van der Waals surface area contributed by atoms with E-state index in [4.69, 9.17) is 16.3 Å². The van der Waals surface area contributed by atoms with E-state index < -0.39 is 23.7 Å². The first kappa shape index (κ1) is 24.7. The second-order valence-electron chi connectivity index (χ2n) is 8.12. The van der Waals surface area contributed by atoms with Gasteiger partial charge in [-0.3, -0.25) is 14.4 Å².